The van der Waals surface area contributed by atoms with Crippen molar-refractivity contribution in [2.75, 3.05) is 51.2 Å². The highest BCUT2D eigenvalue weighted by molar-refractivity contribution is 5.82. The Balaban J connectivity index is 1.15. The molecule has 9 nitrogen and oxygen atoms in total. The molecule has 0 bridgehead atoms. The Kier molecular flexibility index (Phi) is 7.18. The van der Waals surface area contributed by atoms with E-state index in [0.29, 0.717) is 19.0 Å². The zero-order valence-electron chi connectivity index (χ0n) is 24.7. The number of fused-ring (bicyclic) bond motifs is 1. The summed E-state index contributed by atoms with van der Waals surface area (Å²) in [5.74, 6) is 0.619. The van der Waals surface area contributed by atoms with Gasteiger partial charge in [-0.2, -0.15) is 5.10 Å². The number of ether oxygens (including phenoxy) is 1. The number of piperazine rings is 1. The number of rotatable bonds is 5. The van der Waals surface area contributed by atoms with Crippen LogP contribution in [0.4, 0.5) is 10.5 Å². The molecular weight excluding hydrogens is 516 g/mol. The molecule has 9 heteroatoms. The second-order valence-electron chi connectivity index (χ2n) is 12.7. The van der Waals surface area contributed by atoms with Crippen LogP contribution in [0.5, 0.6) is 0 Å². The van der Waals surface area contributed by atoms with Crippen molar-refractivity contribution in [2.45, 2.75) is 57.6 Å². The molecule has 6 rings (SSSR count). The smallest absolute Gasteiger partial charge is 0.410 e. The first-order valence-electron chi connectivity index (χ1n) is 14.9. The van der Waals surface area contributed by atoms with Crippen LogP contribution in [0.25, 0.3) is 16.6 Å². The fourth-order valence-corrected chi connectivity index (χ4v) is 6.24. The van der Waals surface area contributed by atoms with E-state index in [1.54, 1.807) is 0 Å². The van der Waals surface area contributed by atoms with Gasteiger partial charge in [-0.1, -0.05) is 24.3 Å². The summed E-state index contributed by atoms with van der Waals surface area (Å²) in [7, 11) is 2.01. The van der Waals surface area contributed by atoms with Gasteiger partial charge < -0.3 is 24.8 Å². The van der Waals surface area contributed by atoms with Crippen molar-refractivity contribution in [3.63, 3.8) is 0 Å². The van der Waals surface area contributed by atoms with Gasteiger partial charge in [-0.25, -0.2) is 9.31 Å². The topological polar surface area (TPSA) is 82.4 Å². The minimum atomic E-state index is -0.490. The van der Waals surface area contributed by atoms with Crippen LogP contribution in [-0.2, 0) is 15.1 Å². The van der Waals surface area contributed by atoms with Gasteiger partial charge in [-0.3, -0.25) is 4.79 Å². The van der Waals surface area contributed by atoms with Gasteiger partial charge in [-0.05, 0) is 76.8 Å². The van der Waals surface area contributed by atoms with Crippen molar-refractivity contribution in [1.29, 1.82) is 0 Å². The lowest BCUT2D eigenvalue weighted by molar-refractivity contribution is -0.132. The van der Waals surface area contributed by atoms with Crippen LogP contribution in [0.1, 0.15) is 52.0 Å². The number of nitrogens with one attached hydrogen (secondary N) is 1. The molecule has 0 atom stereocenters. The molecule has 4 heterocycles. The first-order chi connectivity index (χ1) is 19.7. The second kappa shape index (κ2) is 10.7. The van der Waals surface area contributed by atoms with E-state index in [0.717, 1.165) is 74.2 Å². The molecule has 0 spiro atoms. The van der Waals surface area contributed by atoms with Gasteiger partial charge in [0, 0.05) is 68.7 Å². The zero-order valence-corrected chi connectivity index (χ0v) is 24.7. The van der Waals surface area contributed by atoms with E-state index < -0.39 is 5.60 Å². The van der Waals surface area contributed by atoms with Crippen LogP contribution in [0.3, 0.4) is 0 Å². The van der Waals surface area contributed by atoms with E-state index in [1.165, 1.54) is 5.56 Å². The molecule has 2 aliphatic heterocycles. The predicted octanol–water partition coefficient (Wildman–Crippen LogP) is 4.51. The van der Waals surface area contributed by atoms with Crippen LogP contribution >= 0.6 is 0 Å². The number of hydrogen-bond acceptors (Lipinski definition) is 6. The number of carbonyl (C=O) groups is 2. The molecule has 3 aromatic rings. The van der Waals surface area contributed by atoms with Crippen LogP contribution < -0.4 is 10.2 Å². The van der Waals surface area contributed by atoms with Gasteiger partial charge in [0.1, 0.15) is 5.60 Å². The van der Waals surface area contributed by atoms with Crippen molar-refractivity contribution >= 4 is 23.2 Å². The number of nitrogens with zero attached hydrogens (tertiary/aromatic N) is 5. The third-order valence-electron chi connectivity index (χ3n) is 8.86. The molecule has 2 amide bonds. The number of amides is 2. The predicted molar refractivity (Wildman–Crippen MR) is 160 cm³/mol. The molecule has 218 valence electrons. The molecule has 1 aromatic carbocycles. The molecule has 3 aliphatic rings. The fourth-order valence-electron chi connectivity index (χ4n) is 6.24. The van der Waals surface area contributed by atoms with Crippen molar-refractivity contribution < 1.29 is 14.3 Å². The summed E-state index contributed by atoms with van der Waals surface area (Å²) in [6.45, 7) is 10.2. The van der Waals surface area contributed by atoms with Crippen LogP contribution in [0.2, 0.25) is 0 Å². The number of aromatic nitrogens is 2. The Morgan fingerprint density at radius 1 is 0.927 bits per heavy atom. The lowest BCUT2D eigenvalue weighted by Gasteiger charge is -2.42. The maximum Gasteiger partial charge on any atom is 0.410 e. The number of benzene rings is 1. The minimum Gasteiger partial charge on any atom is -0.444 e. The molecule has 1 N–H and O–H groups in total. The lowest BCUT2D eigenvalue weighted by atomic mass is 9.80. The van der Waals surface area contributed by atoms with Crippen molar-refractivity contribution in [1.82, 2.24) is 24.7 Å². The molecule has 41 heavy (non-hydrogen) atoms. The number of carbonyl (C=O) groups excluding carboxylic acids is 2. The Bertz CT molecular complexity index is 1410. The quantitative estimate of drug-likeness (QED) is 0.497. The van der Waals surface area contributed by atoms with Crippen LogP contribution in [-0.4, -0.2) is 83.3 Å². The van der Waals surface area contributed by atoms with Gasteiger partial charge >= 0.3 is 6.09 Å². The molecule has 1 aliphatic carbocycles. The molecule has 3 fully saturated rings. The summed E-state index contributed by atoms with van der Waals surface area (Å²) in [5.41, 5.74) is 5.06. The fraction of sp³-hybridized carbons (Fsp3) is 0.531. The van der Waals surface area contributed by atoms with Crippen LogP contribution in [0, 0.1) is 5.92 Å². The molecule has 0 unspecified atom stereocenters. The van der Waals surface area contributed by atoms with E-state index in [-0.39, 0.29) is 17.6 Å². The highest BCUT2D eigenvalue weighted by atomic mass is 16.6. The highest BCUT2D eigenvalue weighted by Gasteiger charge is 2.37. The Labute approximate surface area is 242 Å². The Hall–Kier alpha value is -3.59. The number of anilines is 1. The molecular formula is C32H42N6O3. The normalized spacial score (nSPS) is 19.5. The third-order valence-corrected chi connectivity index (χ3v) is 8.86. The molecule has 2 saturated heterocycles. The monoisotopic (exact) mass is 558 g/mol. The number of piperidine rings is 1. The summed E-state index contributed by atoms with van der Waals surface area (Å²) in [6, 6.07) is 13.1. The van der Waals surface area contributed by atoms with Crippen LogP contribution in [0.15, 0.2) is 48.8 Å². The largest absolute Gasteiger partial charge is 0.444 e. The van der Waals surface area contributed by atoms with Gasteiger partial charge in [-0.15, -0.1) is 0 Å². The average Bonchev–Trinajstić information content (AvgIpc) is 3.74. The summed E-state index contributed by atoms with van der Waals surface area (Å²) in [4.78, 5) is 31.3. The Morgan fingerprint density at radius 2 is 1.61 bits per heavy atom. The maximum absolute atomic E-state index is 12.6. The zero-order chi connectivity index (χ0) is 28.8. The molecule has 1 saturated carbocycles. The summed E-state index contributed by atoms with van der Waals surface area (Å²) in [6.07, 6.45) is 7.47. The van der Waals surface area contributed by atoms with E-state index in [9.17, 15) is 9.59 Å². The van der Waals surface area contributed by atoms with Crippen molar-refractivity contribution in [2.24, 2.45) is 5.92 Å². The summed E-state index contributed by atoms with van der Waals surface area (Å²) in [5, 5.41) is 8.15. The first-order valence-corrected chi connectivity index (χ1v) is 14.9. The lowest BCUT2D eigenvalue weighted by Crippen LogP contribution is -2.52. The Morgan fingerprint density at radius 3 is 2.22 bits per heavy atom. The minimum absolute atomic E-state index is 0.180. The number of hydrogen-bond donors (Lipinski definition) is 1. The van der Waals surface area contributed by atoms with Gasteiger partial charge in [0.15, 0.2) is 0 Å². The van der Waals surface area contributed by atoms with Gasteiger partial charge in [0.05, 0.1) is 11.2 Å². The maximum atomic E-state index is 12.6. The van der Waals surface area contributed by atoms with Crippen molar-refractivity contribution in [3.05, 3.63) is 54.4 Å². The molecule has 0 radical (unpaired) electrons. The van der Waals surface area contributed by atoms with E-state index in [4.69, 9.17) is 4.74 Å². The van der Waals surface area contributed by atoms with E-state index in [1.807, 2.05) is 48.3 Å². The standard InChI is InChI=1S/C32H42N6O3/c1-31(2,3)41-30(40)37-15-12-32(33-4,13-16-37)26-9-7-23(8-10-26)25-21-28-27(11-14-34-38(28)22-25)35-17-19-36(20-18-35)29(39)24-5-6-24/h7-11,14,21-22,24,33H,5-6,12-13,15-20H2,1-4H3. The second-order valence-corrected chi connectivity index (χ2v) is 12.7. The van der Waals surface area contributed by atoms with Gasteiger partial charge in [0.25, 0.3) is 0 Å². The summed E-state index contributed by atoms with van der Waals surface area (Å²) >= 11 is 0. The number of likely N-dealkylation sites (tertiary alicyclic amines) is 1. The van der Waals surface area contributed by atoms with Gasteiger partial charge in [0.2, 0.25) is 5.91 Å². The van der Waals surface area contributed by atoms with E-state index in [2.05, 4.69) is 57.9 Å². The summed E-state index contributed by atoms with van der Waals surface area (Å²) < 4.78 is 7.55. The van der Waals surface area contributed by atoms with E-state index >= 15 is 0 Å². The highest BCUT2D eigenvalue weighted by Crippen LogP contribution is 2.36. The SMILES string of the molecule is CNC1(c2ccc(-c3cc4c(N5CCN(C(=O)C6CC6)CC5)ccnn4c3)cc2)CCN(C(=O)OC(C)(C)C)CC1. The third kappa shape index (κ3) is 5.64. The molecule has 2 aromatic heterocycles. The first kappa shape index (κ1) is 27.6. The van der Waals surface area contributed by atoms with Crippen molar-refractivity contribution in [3.8, 4) is 11.1 Å². The average molecular weight is 559 g/mol.